The van der Waals surface area contributed by atoms with Crippen molar-refractivity contribution >= 4 is 21.7 Å². The van der Waals surface area contributed by atoms with Gasteiger partial charge >= 0.3 is 0 Å². The fourth-order valence-electron chi connectivity index (χ4n) is 3.79. The maximum Gasteiger partial charge on any atom is 0.242 e. The second-order valence-electron chi connectivity index (χ2n) is 7.72. The van der Waals surface area contributed by atoms with E-state index in [1.54, 1.807) is 0 Å². The van der Waals surface area contributed by atoms with Crippen molar-refractivity contribution in [1.82, 2.24) is 9.62 Å². The van der Waals surface area contributed by atoms with E-state index in [1.807, 2.05) is 12.1 Å². The molecule has 2 aromatic rings. The van der Waals surface area contributed by atoms with Gasteiger partial charge in [0, 0.05) is 25.6 Å². The summed E-state index contributed by atoms with van der Waals surface area (Å²) in [5.41, 5.74) is 2.94. The minimum absolute atomic E-state index is 0.0312. The summed E-state index contributed by atoms with van der Waals surface area (Å²) in [7, 11) is -2.15. The van der Waals surface area contributed by atoms with E-state index in [-0.39, 0.29) is 35.6 Å². The first-order chi connectivity index (χ1) is 14.3. The molecule has 1 atom stereocenters. The number of Topliss-reactive ketones (excluding diaryl/α,β-unsaturated/α-hetero) is 1. The lowest BCUT2D eigenvalue weighted by atomic mass is 9.87. The molecule has 1 unspecified atom stereocenters. The zero-order chi connectivity index (χ0) is 21.7. The molecule has 0 saturated carbocycles. The van der Waals surface area contributed by atoms with Gasteiger partial charge < -0.3 is 5.32 Å². The minimum Gasteiger partial charge on any atom is -0.349 e. The number of hydrogen-bond acceptors (Lipinski definition) is 4. The first kappa shape index (κ1) is 22.2. The molecule has 0 aromatic heterocycles. The number of amides is 1. The molecule has 1 N–H and O–H groups in total. The maximum absolute atomic E-state index is 12.7. The Morgan fingerprint density at radius 1 is 1.10 bits per heavy atom. The van der Waals surface area contributed by atoms with Gasteiger partial charge in [0.2, 0.25) is 15.9 Å². The van der Waals surface area contributed by atoms with Gasteiger partial charge in [-0.2, -0.15) is 0 Å². The van der Waals surface area contributed by atoms with E-state index >= 15 is 0 Å². The lowest BCUT2D eigenvalue weighted by molar-refractivity contribution is -0.122. The topological polar surface area (TPSA) is 83.6 Å². The van der Waals surface area contributed by atoms with Gasteiger partial charge in [-0.1, -0.05) is 36.4 Å². The fourth-order valence-corrected chi connectivity index (χ4v) is 5.00. The Hall–Kier alpha value is -2.51. The summed E-state index contributed by atoms with van der Waals surface area (Å²) in [6.45, 7) is 1.68. The van der Waals surface area contributed by atoms with Crippen LogP contribution in [0.2, 0.25) is 0 Å². The molecule has 0 bridgehead atoms. The molecule has 0 heterocycles. The molecule has 0 aliphatic heterocycles. The number of carbonyl (C=O) groups is 2. The highest BCUT2D eigenvalue weighted by atomic mass is 32.2. The van der Waals surface area contributed by atoms with Crippen molar-refractivity contribution in [3.63, 3.8) is 0 Å². The van der Waals surface area contributed by atoms with Crippen LogP contribution in [-0.2, 0) is 21.2 Å². The molecule has 1 aliphatic carbocycles. The highest BCUT2D eigenvalue weighted by Gasteiger charge is 2.23. The van der Waals surface area contributed by atoms with Gasteiger partial charge in [0.05, 0.1) is 10.9 Å². The molecule has 160 valence electrons. The molecular formula is C23H28N2O4S. The average Bonchev–Trinajstić information content (AvgIpc) is 2.74. The Balaban J connectivity index is 1.52. The standard InChI is InChI=1S/C23H28N2O4S/c1-17(26)18-12-14-20(15-13-18)30(28,29)25(2)16-6-11-23(27)24-22-10-5-8-19-7-3-4-9-21(19)22/h3-4,7,9,12-15,22H,5-6,8,10-11,16H2,1-2H3,(H,24,27). The van der Waals surface area contributed by atoms with Crippen LogP contribution < -0.4 is 5.32 Å². The van der Waals surface area contributed by atoms with Gasteiger partial charge in [0.25, 0.3) is 0 Å². The lowest BCUT2D eigenvalue weighted by Gasteiger charge is -2.26. The second kappa shape index (κ2) is 9.53. The number of rotatable bonds is 8. The number of carbonyl (C=O) groups excluding carboxylic acids is 2. The van der Waals surface area contributed by atoms with E-state index in [4.69, 9.17) is 0 Å². The number of ketones is 1. The monoisotopic (exact) mass is 428 g/mol. The van der Waals surface area contributed by atoms with Crippen molar-refractivity contribution in [3.8, 4) is 0 Å². The van der Waals surface area contributed by atoms with Crippen LogP contribution >= 0.6 is 0 Å². The Labute approximate surface area is 178 Å². The molecule has 7 heteroatoms. The van der Waals surface area contributed by atoms with Crippen LogP contribution in [0.3, 0.4) is 0 Å². The van der Waals surface area contributed by atoms with Gasteiger partial charge in [0.15, 0.2) is 5.78 Å². The quantitative estimate of drug-likeness (QED) is 0.653. The number of hydrogen-bond donors (Lipinski definition) is 1. The zero-order valence-electron chi connectivity index (χ0n) is 17.4. The van der Waals surface area contributed by atoms with E-state index in [9.17, 15) is 18.0 Å². The molecule has 2 aromatic carbocycles. The zero-order valence-corrected chi connectivity index (χ0v) is 18.2. The number of fused-ring (bicyclic) bond motifs is 1. The Morgan fingerprint density at radius 2 is 1.80 bits per heavy atom. The molecule has 0 radical (unpaired) electrons. The van der Waals surface area contributed by atoms with Crippen LogP contribution in [0.4, 0.5) is 0 Å². The maximum atomic E-state index is 12.7. The Morgan fingerprint density at radius 3 is 2.50 bits per heavy atom. The van der Waals surface area contributed by atoms with Crippen LogP contribution in [-0.4, -0.2) is 38.0 Å². The summed E-state index contributed by atoms with van der Waals surface area (Å²) in [6, 6.07) is 14.1. The number of nitrogens with one attached hydrogen (secondary N) is 1. The summed E-state index contributed by atoms with van der Waals surface area (Å²) in [5, 5.41) is 3.10. The van der Waals surface area contributed by atoms with Crippen molar-refractivity contribution in [2.24, 2.45) is 0 Å². The number of aryl methyl sites for hydroxylation is 1. The van der Waals surface area contributed by atoms with E-state index < -0.39 is 10.0 Å². The molecule has 0 spiro atoms. The molecule has 3 rings (SSSR count). The van der Waals surface area contributed by atoms with Crippen LogP contribution in [0.15, 0.2) is 53.4 Å². The SMILES string of the molecule is CC(=O)c1ccc(S(=O)(=O)N(C)CCCC(=O)NC2CCCc3ccccc32)cc1. The third kappa shape index (κ3) is 5.15. The summed E-state index contributed by atoms with van der Waals surface area (Å²) in [4.78, 5) is 23.9. The second-order valence-corrected chi connectivity index (χ2v) is 9.77. The number of sulfonamides is 1. The van der Waals surface area contributed by atoms with Gasteiger partial charge in [-0.15, -0.1) is 0 Å². The third-order valence-electron chi connectivity index (χ3n) is 5.55. The summed E-state index contributed by atoms with van der Waals surface area (Å²) >= 11 is 0. The Bertz CT molecular complexity index is 1020. The van der Waals surface area contributed by atoms with Crippen LogP contribution in [0.25, 0.3) is 0 Å². The molecule has 1 aliphatic rings. The van der Waals surface area contributed by atoms with Gasteiger partial charge in [-0.05, 0) is 55.9 Å². The fraction of sp³-hybridized carbons (Fsp3) is 0.391. The largest absolute Gasteiger partial charge is 0.349 e. The summed E-state index contributed by atoms with van der Waals surface area (Å²) in [5.74, 6) is -0.174. The van der Waals surface area contributed by atoms with Crippen molar-refractivity contribution in [1.29, 1.82) is 0 Å². The minimum atomic E-state index is -3.66. The lowest BCUT2D eigenvalue weighted by Crippen LogP contribution is -2.32. The van der Waals surface area contributed by atoms with E-state index in [1.165, 1.54) is 53.7 Å². The smallest absolute Gasteiger partial charge is 0.242 e. The third-order valence-corrected chi connectivity index (χ3v) is 7.42. The van der Waals surface area contributed by atoms with Crippen LogP contribution in [0, 0.1) is 0 Å². The van der Waals surface area contributed by atoms with E-state index in [0.717, 1.165) is 19.3 Å². The van der Waals surface area contributed by atoms with Crippen molar-refractivity contribution < 1.29 is 18.0 Å². The van der Waals surface area contributed by atoms with Crippen molar-refractivity contribution in [2.75, 3.05) is 13.6 Å². The van der Waals surface area contributed by atoms with E-state index in [2.05, 4.69) is 17.4 Å². The van der Waals surface area contributed by atoms with Crippen LogP contribution in [0.1, 0.15) is 60.1 Å². The first-order valence-corrected chi connectivity index (χ1v) is 11.7. The Kier molecular flexibility index (Phi) is 7.05. The highest BCUT2D eigenvalue weighted by Crippen LogP contribution is 2.29. The van der Waals surface area contributed by atoms with Gasteiger partial charge in [-0.25, -0.2) is 12.7 Å². The predicted molar refractivity (Wildman–Crippen MR) is 116 cm³/mol. The van der Waals surface area contributed by atoms with Crippen LogP contribution in [0.5, 0.6) is 0 Å². The molecular weight excluding hydrogens is 400 g/mol. The first-order valence-electron chi connectivity index (χ1n) is 10.2. The number of nitrogens with zero attached hydrogens (tertiary/aromatic N) is 1. The normalized spacial score (nSPS) is 16.2. The molecule has 6 nitrogen and oxygen atoms in total. The van der Waals surface area contributed by atoms with E-state index in [0.29, 0.717) is 12.0 Å². The van der Waals surface area contributed by atoms with Gasteiger partial charge in [-0.3, -0.25) is 9.59 Å². The molecule has 0 saturated heterocycles. The molecule has 0 fully saturated rings. The molecule has 1 amide bonds. The van der Waals surface area contributed by atoms with Gasteiger partial charge in [0.1, 0.15) is 0 Å². The molecule has 30 heavy (non-hydrogen) atoms. The summed E-state index contributed by atoms with van der Waals surface area (Å²) in [6.07, 6.45) is 3.71. The number of benzene rings is 2. The van der Waals surface area contributed by atoms with Crippen molar-refractivity contribution in [2.45, 2.75) is 50.0 Å². The predicted octanol–water partition coefficient (Wildman–Crippen LogP) is 3.48. The summed E-state index contributed by atoms with van der Waals surface area (Å²) < 4.78 is 26.6. The average molecular weight is 429 g/mol. The highest BCUT2D eigenvalue weighted by molar-refractivity contribution is 7.89. The van der Waals surface area contributed by atoms with Crippen molar-refractivity contribution in [3.05, 3.63) is 65.2 Å².